The number of anilines is 1. The fourth-order valence-electron chi connectivity index (χ4n) is 2.57. The zero-order valence-corrected chi connectivity index (χ0v) is 12.2. The van der Waals surface area contributed by atoms with E-state index in [0.717, 1.165) is 29.7 Å². The topological polar surface area (TPSA) is 64.4 Å². The molecule has 4 nitrogen and oxygen atoms in total. The second kappa shape index (κ2) is 5.42. The van der Waals surface area contributed by atoms with E-state index in [1.807, 2.05) is 31.2 Å². The number of benzene rings is 1. The van der Waals surface area contributed by atoms with Crippen molar-refractivity contribution in [1.82, 2.24) is 5.32 Å². The molecule has 3 rings (SSSR count). The van der Waals surface area contributed by atoms with Gasteiger partial charge >= 0.3 is 0 Å². The number of ether oxygens (including phenoxy) is 1. The fraction of sp³-hybridized carbons (Fsp3) is 0.400. The van der Waals surface area contributed by atoms with Crippen LogP contribution in [0, 0.1) is 5.92 Å². The highest BCUT2D eigenvalue weighted by molar-refractivity contribution is 7.21. The molecule has 0 radical (unpaired) electrons. The van der Waals surface area contributed by atoms with Crippen molar-refractivity contribution in [3.8, 4) is 0 Å². The number of amides is 1. The molecule has 0 aliphatic carbocycles. The summed E-state index contributed by atoms with van der Waals surface area (Å²) in [5.41, 5.74) is 6.68. The molecule has 0 bridgehead atoms. The van der Waals surface area contributed by atoms with Gasteiger partial charge in [0.1, 0.15) is 4.88 Å². The molecule has 0 saturated carbocycles. The highest BCUT2D eigenvalue weighted by atomic mass is 32.1. The summed E-state index contributed by atoms with van der Waals surface area (Å²) >= 11 is 1.45. The van der Waals surface area contributed by atoms with E-state index in [0.29, 0.717) is 16.5 Å². The van der Waals surface area contributed by atoms with E-state index >= 15 is 0 Å². The molecule has 1 aliphatic heterocycles. The van der Waals surface area contributed by atoms with Crippen molar-refractivity contribution >= 4 is 33.0 Å². The highest BCUT2D eigenvalue weighted by Gasteiger charge is 2.25. The maximum atomic E-state index is 12.4. The third-order valence-electron chi connectivity index (χ3n) is 3.87. The number of hydrogen-bond donors (Lipinski definition) is 2. The van der Waals surface area contributed by atoms with Crippen LogP contribution in [0.3, 0.4) is 0 Å². The van der Waals surface area contributed by atoms with E-state index in [2.05, 4.69) is 5.32 Å². The van der Waals surface area contributed by atoms with Crippen molar-refractivity contribution in [2.45, 2.75) is 19.4 Å². The minimum atomic E-state index is -0.0805. The number of nitrogen functional groups attached to an aromatic ring is 1. The van der Waals surface area contributed by atoms with Crippen molar-refractivity contribution in [1.29, 1.82) is 0 Å². The summed E-state index contributed by atoms with van der Waals surface area (Å²) in [6, 6.07) is 7.94. The second-order valence-corrected chi connectivity index (χ2v) is 6.28. The Bertz CT molecular complexity index is 632. The van der Waals surface area contributed by atoms with Gasteiger partial charge in [0.05, 0.1) is 12.3 Å². The quantitative estimate of drug-likeness (QED) is 0.913. The summed E-state index contributed by atoms with van der Waals surface area (Å²) in [7, 11) is 0. The molecule has 2 aromatic rings. The van der Waals surface area contributed by atoms with Crippen LogP contribution >= 0.6 is 11.3 Å². The van der Waals surface area contributed by atoms with Gasteiger partial charge in [-0.2, -0.15) is 0 Å². The van der Waals surface area contributed by atoms with Gasteiger partial charge in [0, 0.05) is 28.7 Å². The van der Waals surface area contributed by atoms with Crippen molar-refractivity contribution < 1.29 is 9.53 Å². The number of rotatable bonds is 3. The average molecular weight is 290 g/mol. The van der Waals surface area contributed by atoms with Crippen LogP contribution in [0.15, 0.2) is 24.3 Å². The first kappa shape index (κ1) is 13.4. The summed E-state index contributed by atoms with van der Waals surface area (Å²) in [5.74, 6) is 0.317. The first-order valence-electron chi connectivity index (χ1n) is 6.82. The number of carbonyl (C=O) groups excluding carboxylic acids is 1. The molecule has 1 saturated heterocycles. The molecule has 1 aromatic heterocycles. The number of carbonyl (C=O) groups is 1. The summed E-state index contributed by atoms with van der Waals surface area (Å²) in [6.07, 6.45) is 1.00. The predicted octanol–water partition coefficient (Wildman–Crippen LogP) is 2.64. The summed E-state index contributed by atoms with van der Waals surface area (Å²) in [6.45, 7) is 3.54. The SMILES string of the molecule is CC(NC(=O)c1sc2ccccc2c1N)C1CCOC1. The summed E-state index contributed by atoms with van der Waals surface area (Å²) < 4.78 is 6.41. The zero-order chi connectivity index (χ0) is 14.1. The molecule has 1 fully saturated rings. The van der Waals surface area contributed by atoms with Crippen LogP contribution < -0.4 is 11.1 Å². The second-order valence-electron chi connectivity index (χ2n) is 5.23. The highest BCUT2D eigenvalue weighted by Crippen LogP contribution is 2.33. The lowest BCUT2D eigenvalue weighted by Gasteiger charge is -2.18. The van der Waals surface area contributed by atoms with E-state index in [-0.39, 0.29) is 11.9 Å². The Morgan fingerprint density at radius 1 is 1.50 bits per heavy atom. The maximum absolute atomic E-state index is 12.4. The number of hydrogen-bond acceptors (Lipinski definition) is 4. The third-order valence-corrected chi connectivity index (χ3v) is 5.06. The van der Waals surface area contributed by atoms with Gasteiger partial charge in [0.25, 0.3) is 5.91 Å². The van der Waals surface area contributed by atoms with Crippen LogP contribution in [-0.4, -0.2) is 25.2 Å². The molecule has 1 amide bonds. The monoisotopic (exact) mass is 290 g/mol. The molecule has 2 unspecified atom stereocenters. The minimum absolute atomic E-state index is 0.0805. The fourth-order valence-corrected chi connectivity index (χ4v) is 3.60. The molecular formula is C15H18N2O2S. The van der Waals surface area contributed by atoms with E-state index in [4.69, 9.17) is 10.5 Å². The van der Waals surface area contributed by atoms with Gasteiger partial charge in [0.2, 0.25) is 0 Å². The van der Waals surface area contributed by atoms with Crippen LogP contribution in [0.5, 0.6) is 0 Å². The van der Waals surface area contributed by atoms with Crippen LogP contribution in [0.4, 0.5) is 5.69 Å². The predicted molar refractivity (Wildman–Crippen MR) is 82.1 cm³/mol. The smallest absolute Gasteiger partial charge is 0.263 e. The lowest BCUT2D eigenvalue weighted by atomic mass is 10.0. The molecule has 2 atom stereocenters. The van der Waals surface area contributed by atoms with Crippen LogP contribution in [-0.2, 0) is 4.74 Å². The number of thiophene rings is 1. The molecule has 2 heterocycles. The Morgan fingerprint density at radius 2 is 2.30 bits per heavy atom. The van der Waals surface area contributed by atoms with E-state index in [9.17, 15) is 4.79 Å². The van der Waals surface area contributed by atoms with Crippen molar-refractivity contribution in [3.63, 3.8) is 0 Å². The lowest BCUT2D eigenvalue weighted by Crippen LogP contribution is -2.38. The molecule has 1 aliphatic rings. The molecule has 0 spiro atoms. The first-order valence-corrected chi connectivity index (χ1v) is 7.64. The molecule has 5 heteroatoms. The van der Waals surface area contributed by atoms with Gasteiger partial charge in [-0.3, -0.25) is 4.79 Å². The average Bonchev–Trinajstić information content (AvgIpc) is 3.07. The molecule has 20 heavy (non-hydrogen) atoms. The normalized spacial score (nSPS) is 20.1. The Hall–Kier alpha value is -1.59. The Morgan fingerprint density at radius 3 is 3.00 bits per heavy atom. The standard InChI is InChI=1S/C15H18N2O2S/c1-9(10-6-7-19-8-10)17-15(18)14-13(16)11-4-2-3-5-12(11)20-14/h2-5,9-10H,6-8,16H2,1H3,(H,17,18). The van der Waals surface area contributed by atoms with Crippen molar-refractivity contribution in [2.75, 3.05) is 18.9 Å². The Kier molecular flexibility index (Phi) is 3.63. The van der Waals surface area contributed by atoms with Crippen LogP contribution in [0.25, 0.3) is 10.1 Å². The van der Waals surface area contributed by atoms with Gasteiger partial charge in [-0.25, -0.2) is 0 Å². The van der Waals surface area contributed by atoms with E-state index in [1.165, 1.54) is 11.3 Å². The first-order chi connectivity index (χ1) is 9.66. The Balaban J connectivity index is 1.80. The number of fused-ring (bicyclic) bond motifs is 1. The van der Waals surface area contributed by atoms with Crippen molar-refractivity contribution in [3.05, 3.63) is 29.1 Å². The molecule has 3 N–H and O–H groups in total. The maximum Gasteiger partial charge on any atom is 0.263 e. The number of nitrogens with one attached hydrogen (secondary N) is 1. The zero-order valence-electron chi connectivity index (χ0n) is 11.4. The largest absolute Gasteiger partial charge is 0.397 e. The summed E-state index contributed by atoms with van der Waals surface area (Å²) in [4.78, 5) is 13.0. The molecule has 1 aromatic carbocycles. The van der Waals surface area contributed by atoms with Gasteiger partial charge < -0.3 is 15.8 Å². The van der Waals surface area contributed by atoms with Crippen molar-refractivity contribution in [2.24, 2.45) is 5.92 Å². The van der Waals surface area contributed by atoms with Crippen LogP contribution in [0.2, 0.25) is 0 Å². The minimum Gasteiger partial charge on any atom is -0.397 e. The molecule has 106 valence electrons. The summed E-state index contributed by atoms with van der Waals surface area (Å²) in [5, 5.41) is 4.01. The Labute approximate surface area is 121 Å². The van der Waals surface area contributed by atoms with Crippen LogP contribution in [0.1, 0.15) is 23.0 Å². The molecular weight excluding hydrogens is 272 g/mol. The van der Waals surface area contributed by atoms with E-state index < -0.39 is 0 Å². The lowest BCUT2D eigenvalue weighted by molar-refractivity contribution is 0.0927. The number of nitrogens with two attached hydrogens (primary N) is 1. The van der Waals surface area contributed by atoms with Gasteiger partial charge in [-0.1, -0.05) is 18.2 Å². The van der Waals surface area contributed by atoms with Gasteiger partial charge in [-0.05, 0) is 19.4 Å². The van der Waals surface area contributed by atoms with E-state index in [1.54, 1.807) is 0 Å². The van der Waals surface area contributed by atoms with Gasteiger partial charge in [-0.15, -0.1) is 11.3 Å². The third kappa shape index (κ3) is 2.39. The van der Waals surface area contributed by atoms with Gasteiger partial charge in [0.15, 0.2) is 0 Å².